The van der Waals surface area contributed by atoms with Gasteiger partial charge >= 0.3 is 0 Å². The van der Waals surface area contributed by atoms with E-state index in [1.807, 2.05) is 0 Å². The Morgan fingerprint density at radius 3 is 2.40 bits per heavy atom. The van der Waals surface area contributed by atoms with Crippen LogP contribution in [-0.4, -0.2) is 5.48 Å². The van der Waals surface area contributed by atoms with Crippen molar-refractivity contribution >= 4 is 6.08 Å². The fourth-order valence-corrected chi connectivity index (χ4v) is 1.10. The fourth-order valence-electron chi connectivity index (χ4n) is 1.10. The van der Waals surface area contributed by atoms with E-state index in [-0.39, 0.29) is 5.48 Å². The molecule has 0 saturated heterocycles. The van der Waals surface area contributed by atoms with Gasteiger partial charge in [0.25, 0.3) is 0 Å². The summed E-state index contributed by atoms with van der Waals surface area (Å²) in [4.78, 5) is 0. The minimum Gasteiger partial charge on any atom is -0.412 e. The van der Waals surface area contributed by atoms with Crippen LogP contribution in [0, 0.1) is 0 Å². The minimum absolute atomic E-state index is 0. The standard InChI is InChI=1S/C9H8.H2O/c1-2-8-4-6-9(3-1)7-5-8;/h1-2,4-7H,3H2;1H2. The highest BCUT2D eigenvalue weighted by atomic mass is 16.0. The largest absolute Gasteiger partial charge is 0.412 e. The lowest BCUT2D eigenvalue weighted by atomic mass is 10.2. The maximum absolute atomic E-state index is 2.20. The third kappa shape index (κ3) is 1.09. The molecular formula is C9H10O. The van der Waals surface area contributed by atoms with Crippen molar-refractivity contribution < 1.29 is 5.48 Å². The minimum atomic E-state index is 0. The van der Waals surface area contributed by atoms with Gasteiger partial charge in [-0.15, -0.1) is 0 Å². The molecule has 2 aliphatic rings. The van der Waals surface area contributed by atoms with E-state index in [2.05, 4.69) is 36.4 Å². The van der Waals surface area contributed by atoms with Crippen molar-refractivity contribution in [3.05, 3.63) is 41.5 Å². The lowest BCUT2D eigenvalue weighted by molar-refractivity contribution is 0.824. The fraction of sp³-hybridized carbons (Fsp3) is 0.111. The van der Waals surface area contributed by atoms with Crippen molar-refractivity contribution in [2.75, 3.05) is 0 Å². The Morgan fingerprint density at radius 2 is 1.70 bits per heavy atom. The van der Waals surface area contributed by atoms with Crippen molar-refractivity contribution in [1.29, 1.82) is 0 Å². The predicted molar refractivity (Wildman–Crippen MR) is 42.8 cm³/mol. The Hall–Kier alpha value is -1.08. The van der Waals surface area contributed by atoms with E-state index in [9.17, 15) is 0 Å². The van der Waals surface area contributed by atoms with Crippen molar-refractivity contribution in [3.8, 4) is 0 Å². The molecule has 2 N–H and O–H groups in total. The summed E-state index contributed by atoms with van der Waals surface area (Å²) < 4.78 is 0. The third-order valence-corrected chi connectivity index (χ3v) is 1.64. The second-order valence-corrected chi connectivity index (χ2v) is 2.35. The number of benzene rings is 1. The van der Waals surface area contributed by atoms with E-state index in [1.165, 1.54) is 11.1 Å². The molecule has 52 valence electrons. The van der Waals surface area contributed by atoms with Gasteiger partial charge in [0, 0.05) is 0 Å². The van der Waals surface area contributed by atoms with Gasteiger partial charge < -0.3 is 5.48 Å². The lowest BCUT2D eigenvalue weighted by Gasteiger charge is -1.90. The molecule has 0 radical (unpaired) electrons. The van der Waals surface area contributed by atoms with Crippen molar-refractivity contribution in [1.82, 2.24) is 0 Å². The van der Waals surface area contributed by atoms with Gasteiger partial charge in [-0.1, -0.05) is 36.4 Å². The number of allylic oxidation sites excluding steroid dienone is 1. The Morgan fingerprint density at radius 1 is 1.00 bits per heavy atom. The zero-order chi connectivity index (χ0) is 6.10. The molecule has 3 rings (SSSR count). The van der Waals surface area contributed by atoms with Crippen LogP contribution in [0.15, 0.2) is 30.3 Å². The van der Waals surface area contributed by atoms with Crippen LogP contribution in [0.25, 0.3) is 6.08 Å². The lowest BCUT2D eigenvalue weighted by Crippen LogP contribution is -1.73. The van der Waals surface area contributed by atoms with Crippen molar-refractivity contribution in [2.45, 2.75) is 6.42 Å². The summed E-state index contributed by atoms with van der Waals surface area (Å²) in [6.45, 7) is 0. The average Bonchev–Trinajstić information content (AvgIpc) is 2.21. The first-order chi connectivity index (χ1) is 4.45. The summed E-state index contributed by atoms with van der Waals surface area (Å²) in [6.07, 6.45) is 5.45. The molecule has 2 bridgehead atoms. The number of hydrogen-bond donors (Lipinski definition) is 0. The zero-order valence-corrected chi connectivity index (χ0v) is 5.67. The average molecular weight is 134 g/mol. The van der Waals surface area contributed by atoms with E-state index in [1.54, 1.807) is 0 Å². The van der Waals surface area contributed by atoms with E-state index in [4.69, 9.17) is 0 Å². The number of hydrogen-bond acceptors (Lipinski definition) is 0. The van der Waals surface area contributed by atoms with Crippen LogP contribution in [0.4, 0.5) is 0 Å². The van der Waals surface area contributed by atoms with Crippen LogP contribution in [-0.2, 0) is 6.42 Å². The van der Waals surface area contributed by atoms with Crippen LogP contribution < -0.4 is 0 Å². The molecule has 0 fully saturated rings. The second kappa shape index (κ2) is 2.67. The van der Waals surface area contributed by atoms with E-state index >= 15 is 0 Å². The number of rotatable bonds is 0. The maximum Gasteiger partial charge on any atom is -0.00941 e. The molecule has 0 unspecified atom stereocenters. The number of fused-ring (bicyclic) bond motifs is 3. The van der Waals surface area contributed by atoms with Gasteiger partial charge in [0.05, 0.1) is 0 Å². The van der Waals surface area contributed by atoms with Gasteiger partial charge in [-0.05, 0) is 17.5 Å². The van der Waals surface area contributed by atoms with Crippen LogP contribution >= 0.6 is 0 Å². The van der Waals surface area contributed by atoms with Crippen LogP contribution in [0.1, 0.15) is 11.1 Å². The first-order valence-electron chi connectivity index (χ1n) is 3.21. The highest BCUT2D eigenvalue weighted by Gasteiger charge is 1.93. The van der Waals surface area contributed by atoms with E-state index < -0.39 is 0 Å². The van der Waals surface area contributed by atoms with E-state index in [0.717, 1.165) is 6.42 Å². The molecular weight excluding hydrogens is 124 g/mol. The quantitative estimate of drug-likeness (QED) is 0.514. The van der Waals surface area contributed by atoms with Crippen molar-refractivity contribution in [2.24, 2.45) is 0 Å². The molecule has 0 aromatic heterocycles. The van der Waals surface area contributed by atoms with Gasteiger partial charge in [0.1, 0.15) is 0 Å². The molecule has 1 nitrogen and oxygen atoms in total. The van der Waals surface area contributed by atoms with Crippen LogP contribution in [0.2, 0.25) is 0 Å². The molecule has 0 atom stereocenters. The molecule has 0 aliphatic heterocycles. The Balaban J connectivity index is 0.000000500. The van der Waals surface area contributed by atoms with Gasteiger partial charge in [-0.2, -0.15) is 0 Å². The molecule has 1 heteroatoms. The summed E-state index contributed by atoms with van der Waals surface area (Å²) in [5.41, 5.74) is 2.73. The summed E-state index contributed by atoms with van der Waals surface area (Å²) in [5.74, 6) is 0. The van der Waals surface area contributed by atoms with Gasteiger partial charge in [-0.25, -0.2) is 0 Å². The molecule has 0 amide bonds. The summed E-state index contributed by atoms with van der Waals surface area (Å²) >= 11 is 0. The normalized spacial score (nSPS) is 12.4. The molecule has 0 heterocycles. The smallest absolute Gasteiger partial charge is 0.00941 e. The molecule has 2 aliphatic carbocycles. The molecule has 1 aromatic carbocycles. The molecule has 0 spiro atoms. The zero-order valence-electron chi connectivity index (χ0n) is 5.67. The van der Waals surface area contributed by atoms with Crippen molar-refractivity contribution in [3.63, 3.8) is 0 Å². The van der Waals surface area contributed by atoms with Gasteiger partial charge in [-0.3, -0.25) is 0 Å². The SMILES string of the molecule is C1=Cc2ccc(cc2)C1.O. The predicted octanol–water partition coefficient (Wildman–Crippen LogP) is 1.43. The second-order valence-electron chi connectivity index (χ2n) is 2.35. The monoisotopic (exact) mass is 134 g/mol. The first kappa shape index (κ1) is 7.03. The Kier molecular flexibility index (Phi) is 1.88. The van der Waals surface area contributed by atoms with Gasteiger partial charge in [0.15, 0.2) is 0 Å². The molecule has 10 heavy (non-hydrogen) atoms. The summed E-state index contributed by atoms with van der Waals surface area (Å²) in [5, 5.41) is 0. The van der Waals surface area contributed by atoms with Crippen LogP contribution in [0.5, 0.6) is 0 Å². The van der Waals surface area contributed by atoms with Gasteiger partial charge in [0.2, 0.25) is 0 Å². The highest BCUT2D eigenvalue weighted by molar-refractivity contribution is 5.52. The third-order valence-electron chi connectivity index (χ3n) is 1.64. The van der Waals surface area contributed by atoms with E-state index in [0.29, 0.717) is 0 Å². The first-order valence-corrected chi connectivity index (χ1v) is 3.21. The maximum atomic E-state index is 2.20. The molecule has 0 saturated carbocycles. The Labute approximate surface area is 60.3 Å². The highest BCUT2D eigenvalue weighted by Crippen LogP contribution is 2.11. The summed E-state index contributed by atoms with van der Waals surface area (Å²) in [7, 11) is 0. The summed E-state index contributed by atoms with van der Waals surface area (Å²) in [6, 6.07) is 8.66. The Bertz CT molecular complexity index is 233. The van der Waals surface area contributed by atoms with Crippen LogP contribution in [0.3, 0.4) is 0 Å². The molecule has 1 aromatic rings. The topological polar surface area (TPSA) is 31.5 Å².